The quantitative estimate of drug-likeness (QED) is 0.753. The molecule has 3 aromatic rings. The summed E-state index contributed by atoms with van der Waals surface area (Å²) in [7, 11) is -4.04. The molecule has 0 fully saturated rings. The van der Waals surface area contributed by atoms with E-state index in [-0.39, 0.29) is 5.89 Å². The highest BCUT2D eigenvalue weighted by Crippen LogP contribution is 2.27. The van der Waals surface area contributed by atoms with Crippen LogP contribution in [-0.2, 0) is 10.0 Å². The maximum atomic E-state index is 14.1. The topological polar surface area (TPSA) is 85.1 Å². The van der Waals surface area contributed by atoms with Crippen LogP contribution in [0.3, 0.4) is 0 Å². The summed E-state index contributed by atoms with van der Waals surface area (Å²) in [6, 6.07) is 12.8. The van der Waals surface area contributed by atoms with Crippen molar-refractivity contribution in [3.8, 4) is 22.9 Å². The van der Waals surface area contributed by atoms with Crippen molar-refractivity contribution in [1.29, 1.82) is 0 Å². The lowest BCUT2D eigenvalue weighted by Gasteiger charge is -2.20. The minimum atomic E-state index is -4.04. The van der Waals surface area contributed by atoms with Gasteiger partial charge in [0.05, 0.1) is 0 Å². The molecule has 1 aromatic heterocycles. The Labute approximate surface area is 151 Å². The van der Waals surface area contributed by atoms with E-state index in [2.05, 4.69) is 14.9 Å². The Morgan fingerprint density at radius 2 is 1.58 bits per heavy atom. The molecule has 0 unspecified atom stereocenters. The molecule has 8 heteroatoms. The monoisotopic (exact) mass is 375 g/mol. The highest BCUT2D eigenvalue weighted by atomic mass is 32.2. The van der Waals surface area contributed by atoms with Gasteiger partial charge >= 0.3 is 0 Å². The van der Waals surface area contributed by atoms with Gasteiger partial charge in [0, 0.05) is 16.7 Å². The second-order valence-electron chi connectivity index (χ2n) is 6.78. The Bertz CT molecular complexity index is 1030. The number of benzene rings is 2. The van der Waals surface area contributed by atoms with Gasteiger partial charge in [0.2, 0.25) is 21.8 Å². The van der Waals surface area contributed by atoms with Crippen LogP contribution >= 0.6 is 0 Å². The zero-order valence-electron chi connectivity index (χ0n) is 14.5. The fraction of sp³-hybridized carbons (Fsp3) is 0.222. The summed E-state index contributed by atoms with van der Waals surface area (Å²) in [4.78, 5) is -0.468. The Morgan fingerprint density at radius 1 is 0.962 bits per heavy atom. The average Bonchev–Trinajstić information content (AvgIpc) is 3.04. The summed E-state index contributed by atoms with van der Waals surface area (Å²) in [5.74, 6) is -0.452. The van der Waals surface area contributed by atoms with Gasteiger partial charge in [0.1, 0.15) is 10.7 Å². The maximum absolute atomic E-state index is 14.1. The molecule has 0 amide bonds. The number of nitrogens with zero attached hydrogens (tertiary/aromatic N) is 2. The van der Waals surface area contributed by atoms with E-state index in [1.165, 1.54) is 12.1 Å². The van der Waals surface area contributed by atoms with E-state index in [4.69, 9.17) is 4.42 Å². The molecule has 6 nitrogen and oxygen atoms in total. The number of nitrogens with one attached hydrogen (secondary N) is 1. The zero-order chi connectivity index (χ0) is 18.9. The van der Waals surface area contributed by atoms with E-state index in [0.717, 1.165) is 11.6 Å². The molecule has 0 saturated heterocycles. The number of halogens is 1. The first-order chi connectivity index (χ1) is 12.2. The molecule has 0 radical (unpaired) electrons. The van der Waals surface area contributed by atoms with Crippen LogP contribution in [0.4, 0.5) is 4.39 Å². The summed E-state index contributed by atoms with van der Waals surface area (Å²) in [5.41, 5.74) is 0.303. The van der Waals surface area contributed by atoms with Gasteiger partial charge in [-0.1, -0.05) is 18.2 Å². The number of rotatable bonds is 4. The van der Waals surface area contributed by atoms with Crippen LogP contribution in [0.15, 0.2) is 57.8 Å². The average molecular weight is 375 g/mol. The van der Waals surface area contributed by atoms with Crippen molar-refractivity contribution in [1.82, 2.24) is 14.9 Å². The Hall–Kier alpha value is -2.58. The van der Waals surface area contributed by atoms with Gasteiger partial charge < -0.3 is 4.42 Å². The van der Waals surface area contributed by atoms with Crippen molar-refractivity contribution in [2.45, 2.75) is 31.2 Å². The van der Waals surface area contributed by atoms with Crippen molar-refractivity contribution in [3.63, 3.8) is 0 Å². The van der Waals surface area contributed by atoms with Crippen molar-refractivity contribution < 1.29 is 17.2 Å². The van der Waals surface area contributed by atoms with Gasteiger partial charge in [-0.3, -0.25) is 0 Å². The van der Waals surface area contributed by atoms with Crippen LogP contribution in [0.25, 0.3) is 22.9 Å². The number of hydrogen-bond donors (Lipinski definition) is 1. The number of hydrogen-bond acceptors (Lipinski definition) is 5. The SMILES string of the molecule is CC(C)(C)NS(=O)(=O)c1cc(-c2nnc(-c3ccccc3)o2)ccc1F. The maximum Gasteiger partial charge on any atom is 0.248 e. The first kappa shape index (κ1) is 18.2. The highest BCUT2D eigenvalue weighted by Gasteiger charge is 2.26. The van der Waals surface area contributed by atoms with Gasteiger partial charge in [-0.05, 0) is 51.1 Å². The molecule has 0 saturated carbocycles. The van der Waals surface area contributed by atoms with Crippen LogP contribution < -0.4 is 4.72 Å². The van der Waals surface area contributed by atoms with E-state index < -0.39 is 26.3 Å². The lowest BCUT2D eigenvalue weighted by Crippen LogP contribution is -2.40. The fourth-order valence-corrected chi connectivity index (χ4v) is 3.86. The second kappa shape index (κ2) is 6.62. The Balaban J connectivity index is 2.00. The van der Waals surface area contributed by atoms with Gasteiger partial charge in [0.15, 0.2) is 0 Å². The normalized spacial score (nSPS) is 12.3. The summed E-state index contributed by atoms with van der Waals surface area (Å²) in [6.07, 6.45) is 0. The smallest absolute Gasteiger partial charge is 0.248 e. The van der Waals surface area contributed by atoms with Crippen molar-refractivity contribution in [2.75, 3.05) is 0 Å². The van der Waals surface area contributed by atoms with Crippen molar-refractivity contribution in [3.05, 3.63) is 54.3 Å². The number of aromatic nitrogens is 2. The molecular weight excluding hydrogens is 357 g/mol. The predicted molar refractivity (Wildman–Crippen MR) is 95.2 cm³/mol. The van der Waals surface area contributed by atoms with E-state index in [1.807, 2.05) is 30.3 Å². The molecule has 0 aliphatic heterocycles. The van der Waals surface area contributed by atoms with E-state index in [9.17, 15) is 12.8 Å². The summed E-state index contributed by atoms with van der Waals surface area (Å²) in [6.45, 7) is 5.03. The van der Waals surface area contributed by atoms with Crippen LogP contribution in [0, 0.1) is 5.82 Å². The molecule has 1 heterocycles. The Kier molecular flexibility index (Phi) is 4.64. The predicted octanol–water partition coefficient (Wildman–Crippen LogP) is 3.62. The zero-order valence-corrected chi connectivity index (χ0v) is 15.3. The molecule has 2 aromatic carbocycles. The van der Waals surface area contributed by atoms with Crippen molar-refractivity contribution >= 4 is 10.0 Å². The molecular formula is C18H18FN3O3S. The van der Waals surface area contributed by atoms with Gasteiger partial charge in [-0.15, -0.1) is 10.2 Å². The van der Waals surface area contributed by atoms with Crippen LogP contribution in [0.1, 0.15) is 20.8 Å². The van der Waals surface area contributed by atoms with E-state index >= 15 is 0 Å². The summed E-state index contributed by atoms with van der Waals surface area (Å²) in [5, 5.41) is 7.90. The van der Waals surface area contributed by atoms with Crippen LogP contribution in [0.2, 0.25) is 0 Å². The molecule has 3 rings (SSSR count). The standard InChI is InChI=1S/C18H18FN3O3S/c1-18(2,3)22-26(23,24)15-11-13(9-10-14(15)19)17-21-20-16(25-17)12-7-5-4-6-8-12/h4-11,22H,1-3H3. The fourth-order valence-electron chi connectivity index (χ4n) is 2.34. The first-order valence-electron chi connectivity index (χ1n) is 7.88. The van der Waals surface area contributed by atoms with Crippen molar-refractivity contribution in [2.24, 2.45) is 0 Å². The largest absolute Gasteiger partial charge is 0.416 e. The van der Waals surface area contributed by atoms with Crippen LogP contribution in [-0.4, -0.2) is 24.2 Å². The third kappa shape index (κ3) is 3.97. The second-order valence-corrected chi connectivity index (χ2v) is 8.43. The highest BCUT2D eigenvalue weighted by molar-refractivity contribution is 7.89. The lowest BCUT2D eigenvalue weighted by molar-refractivity contribution is 0.486. The summed E-state index contributed by atoms with van der Waals surface area (Å²) < 4.78 is 47.1. The summed E-state index contributed by atoms with van der Waals surface area (Å²) >= 11 is 0. The Morgan fingerprint density at radius 3 is 2.19 bits per heavy atom. The van der Waals surface area contributed by atoms with E-state index in [0.29, 0.717) is 11.5 Å². The minimum absolute atomic E-state index is 0.107. The first-order valence-corrected chi connectivity index (χ1v) is 9.37. The molecule has 0 spiro atoms. The molecule has 1 N–H and O–H groups in total. The molecule has 0 aliphatic carbocycles. The number of sulfonamides is 1. The van der Waals surface area contributed by atoms with Gasteiger partial charge in [-0.2, -0.15) is 0 Å². The molecule has 26 heavy (non-hydrogen) atoms. The van der Waals surface area contributed by atoms with Gasteiger partial charge in [-0.25, -0.2) is 17.5 Å². The lowest BCUT2D eigenvalue weighted by atomic mass is 10.1. The third-order valence-electron chi connectivity index (χ3n) is 3.35. The molecule has 136 valence electrons. The molecule has 0 aliphatic rings. The third-order valence-corrected chi connectivity index (χ3v) is 5.13. The minimum Gasteiger partial charge on any atom is -0.416 e. The van der Waals surface area contributed by atoms with Crippen LogP contribution in [0.5, 0.6) is 0 Å². The van der Waals surface area contributed by atoms with E-state index in [1.54, 1.807) is 20.8 Å². The molecule has 0 bridgehead atoms. The van der Waals surface area contributed by atoms with Gasteiger partial charge in [0.25, 0.3) is 0 Å². The molecule has 0 atom stereocenters.